The van der Waals surface area contributed by atoms with E-state index < -0.39 is 0 Å². The largest absolute Gasteiger partial charge is 0.379 e. The maximum absolute atomic E-state index is 5.55. The fourth-order valence-electron chi connectivity index (χ4n) is 3.96. The highest BCUT2D eigenvalue weighted by atomic mass is 16.5. The van der Waals surface area contributed by atoms with Crippen LogP contribution >= 0.6 is 0 Å². The van der Waals surface area contributed by atoms with Crippen LogP contribution in [0.5, 0.6) is 0 Å². The van der Waals surface area contributed by atoms with E-state index in [-0.39, 0.29) is 0 Å². The molecule has 2 fully saturated rings. The van der Waals surface area contributed by atoms with Gasteiger partial charge in [0.25, 0.3) is 0 Å². The maximum Gasteiger partial charge on any atom is 0.0594 e. The Balaban J connectivity index is 1.60. The number of aryl methyl sites for hydroxylation is 1. The minimum atomic E-state index is 0.368. The molecule has 4 nitrogen and oxygen atoms in total. The molecule has 1 saturated heterocycles. The molecule has 2 aliphatic rings. The van der Waals surface area contributed by atoms with E-state index in [4.69, 9.17) is 4.74 Å². The Morgan fingerprint density at radius 1 is 1.19 bits per heavy atom. The first-order valence-electron chi connectivity index (χ1n) is 8.44. The van der Waals surface area contributed by atoms with Crippen LogP contribution in [0, 0.1) is 0 Å². The molecule has 21 heavy (non-hydrogen) atoms. The second-order valence-corrected chi connectivity index (χ2v) is 6.60. The monoisotopic (exact) mass is 291 g/mol. The van der Waals surface area contributed by atoms with Gasteiger partial charge in [-0.25, -0.2) is 0 Å². The van der Waals surface area contributed by atoms with Gasteiger partial charge in [-0.05, 0) is 25.0 Å². The summed E-state index contributed by atoms with van der Waals surface area (Å²) in [6.45, 7) is 6.09. The second kappa shape index (κ2) is 6.95. The van der Waals surface area contributed by atoms with Gasteiger partial charge in [-0.3, -0.25) is 4.90 Å². The first-order valence-corrected chi connectivity index (χ1v) is 8.44. The molecule has 0 radical (unpaired) electrons. The molecule has 1 aliphatic carbocycles. The predicted octanol–water partition coefficient (Wildman–Crippen LogP) is 2.15. The van der Waals surface area contributed by atoms with Gasteiger partial charge in [-0.1, -0.05) is 19.3 Å². The van der Waals surface area contributed by atoms with Crippen LogP contribution in [-0.2, 0) is 18.3 Å². The van der Waals surface area contributed by atoms with Crippen LogP contribution < -0.4 is 5.32 Å². The Morgan fingerprint density at radius 2 is 1.95 bits per heavy atom. The first-order chi connectivity index (χ1) is 10.3. The van der Waals surface area contributed by atoms with Gasteiger partial charge in [-0.15, -0.1) is 0 Å². The third-order valence-electron chi connectivity index (χ3n) is 5.28. The Hall–Kier alpha value is -0.840. The van der Waals surface area contributed by atoms with Crippen molar-refractivity contribution < 1.29 is 4.74 Å². The van der Waals surface area contributed by atoms with Gasteiger partial charge in [0.05, 0.1) is 13.2 Å². The molecule has 1 N–H and O–H groups in total. The normalized spacial score (nSPS) is 23.3. The number of hydrogen-bond acceptors (Lipinski definition) is 3. The summed E-state index contributed by atoms with van der Waals surface area (Å²) in [6, 6.07) is 4.32. The Morgan fingerprint density at radius 3 is 2.62 bits per heavy atom. The molecule has 1 aliphatic heterocycles. The first kappa shape index (κ1) is 15.1. The van der Waals surface area contributed by atoms with Crippen molar-refractivity contribution >= 4 is 0 Å². The van der Waals surface area contributed by atoms with E-state index in [0.29, 0.717) is 5.54 Å². The molecule has 0 atom stereocenters. The molecule has 118 valence electrons. The number of ether oxygens (including phenoxy) is 1. The van der Waals surface area contributed by atoms with Crippen LogP contribution in [0.4, 0.5) is 0 Å². The number of nitrogens with one attached hydrogen (secondary N) is 1. The van der Waals surface area contributed by atoms with Gasteiger partial charge in [0.2, 0.25) is 0 Å². The molecule has 0 amide bonds. The standard InChI is InChI=1S/C17H29N3O/c1-19-9-5-6-16(19)14-18-15-17(7-3-2-4-8-17)20-10-12-21-13-11-20/h5-6,9,18H,2-4,7-8,10-15H2,1H3. The number of rotatable bonds is 5. The van der Waals surface area contributed by atoms with Crippen molar-refractivity contribution in [1.29, 1.82) is 0 Å². The molecule has 0 unspecified atom stereocenters. The predicted molar refractivity (Wildman–Crippen MR) is 85.3 cm³/mol. The van der Waals surface area contributed by atoms with Gasteiger partial charge in [0, 0.05) is 50.7 Å². The van der Waals surface area contributed by atoms with Gasteiger partial charge >= 0.3 is 0 Å². The number of nitrogens with zero attached hydrogens (tertiary/aromatic N) is 2. The summed E-state index contributed by atoms with van der Waals surface area (Å²) in [5.41, 5.74) is 1.73. The van der Waals surface area contributed by atoms with Crippen LogP contribution in [0.3, 0.4) is 0 Å². The SMILES string of the molecule is Cn1cccc1CNCC1(N2CCOCC2)CCCCC1. The number of morpholine rings is 1. The quantitative estimate of drug-likeness (QED) is 0.901. The van der Waals surface area contributed by atoms with Crippen molar-refractivity contribution in [2.45, 2.75) is 44.2 Å². The van der Waals surface area contributed by atoms with E-state index in [1.54, 1.807) is 0 Å². The molecule has 0 spiro atoms. The van der Waals surface area contributed by atoms with Crippen molar-refractivity contribution in [2.24, 2.45) is 7.05 Å². The zero-order valence-electron chi connectivity index (χ0n) is 13.3. The Kier molecular flexibility index (Phi) is 4.99. The molecule has 4 heteroatoms. The van der Waals surface area contributed by atoms with E-state index in [2.05, 4.69) is 40.2 Å². The van der Waals surface area contributed by atoms with Crippen LogP contribution in [0.2, 0.25) is 0 Å². The van der Waals surface area contributed by atoms with E-state index in [1.165, 1.54) is 37.8 Å². The topological polar surface area (TPSA) is 29.4 Å². The molecular formula is C17H29N3O. The number of aromatic nitrogens is 1. The highest BCUT2D eigenvalue weighted by molar-refractivity contribution is 5.06. The number of hydrogen-bond donors (Lipinski definition) is 1. The molecule has 0 bridgehead atoms. The van der Waals surface area contributed by atoms with Crippen LogP contribution in [0.1, 0.15) is 37.8 Å². The molecular weight excluding hydrogens is 262 g/mol. The van der Waals surface area contributed by atoms with Crippen molar-refractivity contribution in [3.8, 4) is 0 Å². The summed E-state index contributed by atoms with van der Waals surface area (Å²) in [5, 5.41) is 3.73. The molecule has 1 aromatic rings. The summed E-state index contributed by atoms with van der Waals surface area (Å²) >= 11 is 0. The van der Waals surface area contributed by atoms with Gasteiger partial charge in [0.15, 0.2) is 0 Å². The summed E-state index contributed by atoms with van der Waals surface area (Å²) in [6.07, 6.45) is 8.96. The van der Waals surface area contributed by atoms with Crippen molar-refractivity contribution in [3.05, 3.63) is 24.0 Å². The van der Waals surface area contributed by atoms with Crippen LogP contribution in [0.15, 0.2) is 18.3 Å². The van der Waals surface area contributed by atoms with Crippen molar-refractivity contribution in [1.82, 2.24) is 14.8 Å². The lowest BCUT2D eigenvalue weighted by Crippen LogP contribution is -2.59. The summed E-state index contributed by atoms with van der Waals surface area (Å²) < 4.78 is 7.75. The van der Waals surface area contributed by atoms with Crippen LogP contribution in [-0.4, -0.2) is 47.9 Å². The van der Waals surface area contributed by atoms with Crippen molar-refractivity contribution in [2.75, 3.05) is 32.8 Å². The fraction of sp³-hybridized carbons (Fsp3) is 0.765. The molecule has 3 rings (SSSR count). The molecule has 1 saturated carbocycles. The maximum atomic E-state index is 5.55. The zero-order valence-corrected chi connectivity index (χ0v) is 13.3. The summed E-state index contributed by atoms with van der Waals surface area (Å²) in [5.74, 6) is 0. The molecule has 1 aromatic heterocycles. The lowest BCUT2D eigenvalue weighted by atomic mass is 9.79. The van der Waals surface area contributed by atoms with Gasteiger partial charge in [0.1, 0.15) is 0 Å². The lowest BCUT2D eigenvalue weighted by molar-refractivity contribution is -0.0369. The zero-order chi connectivity index (χ0) is 14.5. The highest BCUT2D eigenvalue weighted by Gasteiger charge is 2.38. The van der Waals surface area contributed by atoms with E-state index >= 15 is 0 Å². The average molecular weight is 291 g/mol. The van der Waals surface area contributed by atoms with E-state index in [0.717, 1.165) is 39.4 Å². The molecule has 0 aromatic carbocycles. The second-order valence-electron chi connectivity index (χ2n) is 6.60. The Bertz CT molecular complexity index is 431. The Labute approximate surface area is 128 Å². The van der Waals surface area contributed by atoms with Crippen LogP contribution in [0.25, 0.3) is 0 Å². The fourth-order valence-corrected chi connectivity index (χ4v) is 3.96. The van der Waals surface area contributed by atoms with Gasteiger partial charge < -0.3 is 14.6 Å². The third-order valence-corrected chi connectivity index (χ3v) is 5.28. The smallest absolute Gasteiger partial charge is 0.0594 e. The highest BCUT2D eigenvalue weighted by Crippen LogP contribution is 2.33. The third kappa shape index (κ3) is 3.50. The lowest BCUT2D eigenvalue weighted by Gasteiger charge is -2.48. The minimum Gasteiger partial charge on any atom is -0.379 e. The average Bonchev–Trinajstić information content (AvgIpc) is 2.95. The van der Waals surface area contributed by atoms with E-state index in [9.17, 15) is 0 Å². The van der Waals surface area contributed by atoms with E-state index in [1.807, 2.05) is 0 Å². The summed E-state index contributed by atoms with van der Waals surface area (Å²) in [7, 11) is 2.12. The van der Waals surface area contributed by atoms with Gasteiger partial charge in [-0.2, -0.15) is 0 Å². The molecule has 2 heterocycles. The van der Waals surface area contributed by atoms with Crippen molar-refractivity contribution in [3.63, 3.8) is 0 Å². The summed E-state index contributed by atoms with van der Waals surface area (Å²) in [4.78, 5) is 2.70. The minimum absolute atomic E-state index is 0.368.